The van der Waals surface area contributed by atoms with Gasteiger partial charge in [0.15, 0.2) is 5.96 Å². The van der Waals surface area contributed by atoms with Gasteiger partial charge in [-0.1, -0.05) is 0 Å². The summed E-state index contributed by atoms with van der Waals surface area (Å²) in [5.41, 5.74) is 0.657. The molecular weight excluding hydrogens is 258 g/mol. The van der Waals surface area contributed by atoms with Gasteiger partial charge in [0.2, 0.25) is 5.91 Å². The Hall–Kier alpha value is -2.15. The molecule has 1 heterocycles. The molecule has 0 saturated heterocycles. The molecule has 0 radical (unpaired) electrons. The van der Waals surface area contributed by atoms with Crippen LogP contribution in [-0.2, 0) is 9.53 Å². The molecule has 0 aromatic carbocycles. The Morgan fingerprint density at radius 1 is 1.45 bits per heavy atom. The summed E-state index contributed by atoms with van der Waals surface area (Å²) >= 11 is 0. The van der Waals surface area contributed by atoms with Crippen molar-refractivity contribution in [2.75, 3.05) is 38.7 Å². The summed E-state index contributed by atoms with van der Waals surface area (Å²) < 4.78 is 4.94. The van der Waals surface area contributed by atoms with E-state index in [0.717, 1.165) is 6.54 Å². The van der Waals surface area contributed by atoms with Crippen molar-refractivity contribution in [2.45, 2.75) is 6.92 Å². The van der Waals surface area contributed by atoms with E-state index in [-0.39, 0.29) is 12.5 Å². The number of carbonyl (C=O) groups excluding carboxylic acids is 1. The number of pyridine rings is 1. The molecule has 0 aliphatic rings. The van der Waals surface area contributed by atoms with Crippen LogP contribution in [0.2, 0.25) is 0 Å². The fraction of sp³-hybridized carbons (Fsp3) is 0.462. The first-order chi connectivity index (χ1) is 9.76. The third-order valence-electron chi connectivity index (χ3n) is 2.27. The molecule has 7 nitrogen and oxygen atoms in total. The molecular formula is C13H21N5O2. The molecule has 7 heteroatoms. The van der Waals surface area contributed by atoms with Gasteiger partial charge in [0.25, 0.3) is 0 Å². The third-order valence-corrected chi connectivity index (χ3v) is 2.27. The molecule has 0 unspecified atom stereocenters. The molecule has 0 saturated carbocycles. The van der Waals surface area contributed by atoms with Crippen molar-refractivity contribution >= 4 is 17.6 Å². The van der Waals surface area contributed by atoms with E-state index in [0.29, 0.717) is 24.8 Å². The highest BCUT2D eigenvalue weighted by Crippen LogP contribution is 2.01. The van der Waals surface area contributed by atoms with Crippen LogP contribution in [0.5, 0.6) is 0 Å². The second-order valence-electron chi connectivity index (χ2n) is 3.90. The Morgan fingerprint density at radius 2 is 2.30 bits per heavy atom. The molecule has 0 spiro atoms. The van der Waals surface area contributed by atoms with Crippen LogP contribution in [0, 0.1) is 0 Å². The van der Waals surface area contributed by atoms with Crippen LogP contribution >= 0.6 is 0 Å². The van der Waals surface area contributed by atoms with Crippen LogP contribution in [-0.4, -0.2) is 50.2 Å². The Kier molecular flexibility index (Phi) is 7.74. The second-order valence-corrected chi connectivity index (χ2v) is 3.90. The number of hydrogen-bond donors (Lipinski definition) is 3. The normalized spacial score (nSPS) is 11.0. The number of hydrogen-bond acceptors (Lipinski definition) is 4. The van der Waals surface area contributed by atoms with Crippen LogP contribution in [0.4, 0.5) is 5.69 Å². The number of nitrogens with one attached hydrogen (secondary N) is 3. The molecule has 0 bridgehead atoms. The molecule has 0 aliphatic heterocycles. The number of amides is 1. The maximum Gasteiger partial charge on any atom is 0.246 e. The molecule has 1 rings (SSSR count). The highest BCUT2D eigenvalue weighted by atomic mass is 16.5. The van der Waals surface area contributed by atoms with E-state index < -0.39 is 0 Å². The Bertz CT molecular complexity index is 422. The van der Waals surface area contributed by atoms with Crippen molar-refractivity contribution in [1.82, 2.24) is 15.6 Å². The van der Waals surface area contributed by atoms with Gasteiger partial charge in [-0.25, -0.2) is 4.99 Å². The van der Waals surface area contributed by atoms with Gasteiger partial charge in [-0.2, -0.15) is 0 Å². The maximum absolute atomic E-state index is 11.7. The third kappa shape index (κ3) is 6.69. The fourth-order valence-electron chi connectivity index (χ4n) is 1.40. The van der Waals surface area contributed by atoms with Crippen LogP contribution < -0.4 is 16.0 Å². The summed E-state index contributed by atoms with van der Waals surface area (Å²) in [6.07, 6.45) is 3.24. The van der Waals surface area contributed by atoms with Crippen molar-refractivity contribution in [1.29, 1.82) is 0 Å². The fourth-order valence-corrected chi connectivity index (χ4v) is 1.40. The van der Waals surface area contributed by atoms with E-state index in [4.69, 9.17) is 4.74 Å². The minimum atomic E-state index is -0.193. The molecule has 3 N–H and O–H groups in total. The van der Waals surface area contributed by atoms with Crippen LogP contribution in [0.15, 0.2) is 29.5 Å². The van der Waals surface area contributed by atoms with E-state index in [9.17, 15) is 4.79 Å². The van der Waals surface area contributed by atoms with Crippen LogP contribution in [0.25, 0.3) is 0 Å². The summed E-state index contributed by atoms with van der Waals surface area (Å²) in [6, 6.07) is 3.53. The number of ether oxygens (including phenoxy) is 1. The van der Waals surface area contributed by atoms with Gasteiger partial charge in [0.1, 0.15) is 6.54 Å². The number of guanidine groups is 1. The lowest BCUT2D eigenvalue weighted by Gasteiger charge is -2.10. The number of anilines is 1. The standard InChI is InChI=1S/C13H21N5O2/c1-3-15-13(16-7-8-20-2)17-10-12(19)18-11-5-4-6-14-9-11/h4-6,9H,3,7-8,10H2,1-2H3,(H,18,19)(H2,15,16,17). The minimum Gasteiger partial charge on any atom is -0.383 e. The number of aliphatic imine (C=N–C) groups is 1. The van der Waals surface area contributed by atoms with Gasteiger partial charge >= 0.3 is 0 Å². The highest BCUT2D eigenvalue weighted by Gasteiger charge is 2.02. The van der Waals surface area contributed by atoms with Crippen molar-refractivity contribution in [3.63, 3.8) is 0 Å². The predicted octanol–water partition coefficient (Wildman–Crippen LogP) is 0.222. The second kappa shape index (κ2) is 9.74. The van der Waals surface area contributed by atoms with E-state index >= 15 is 0 Å². The molecule has 0 fully saturated rings. The lowest BCUT2D eigenvalue weighted by molar-refractivity contribution is -0.114. The maximum atomic E-state index is 11.7. The number of rotatable bonds is 7. The smallest absolute Gasteiger partial charge is 0.246 e. The largest absolute Gasteiger partial charge is 0.383 e. The molecule has 1 aromatic rings. The number of methoxy groups -OCH3 is 1. The average molecular weight is 279 g/mol. The summed E-state index contributed by atoms with van der Waals surface area (Å²) in [6.45, 7) is 3.93. The number of carbonyl (C=O) groups is 1. The SMILES string of the molecule is CCNC(=NCC(=O)Nc1cccnc1)NCCOC. The summed E-state index contributed by atoms with van der Waals surface area (Å²) in [4.78, 5) is 19.8. The summed E-state index contributed by atoms with van der Waals surface area (Å²) in [5.74, 6) is 0.396. The predicted molar refractivity (Wildman–Crippen MR) is 78.7 cm³/mol. The first kappa shape index (κ1) is 15.9. The molecule has 0 aliphatic carbocycles. The summed E-state index contributed by atoms with van der Waals surface area (Å²) in [5, 5.41) is 8.83. The molecule has 110 valence electrons. The Labute approximate surface area is 118 Å². The molecule has 1 amide bonds. The van der Waals surface area contributed by atoms with E-state index in [1.54, 1.807) is 31.6 Å². The zero-order valence-corrected chi connectivity index (χ0v) is 11.8. The van der Waals surface area contributed by atoms with Crippen molar-refractivity contribution in [2.24, 2.45) is 4.99 Å². The van der Waals surface area contributed by atoms with Gasteiger partial charge in [-0.3, -0.25) is 9.78 Å². The van der Waals surface area contributed by atoms with Gasteiger partial charge in [0.05, 0.1) is 18.5 Å². The molecule has 0 atom stereocenters. The lowest BCUT2D eigenvalue weighted by atomic mass is 10.4. The monoisotopic (exact) mass is 279 g/mol. The summed E-state index contributed by atoms with van der Waals surface area (Å²) in [7, 11) is 1.63. The molecule has 20 heavy (non-hydrogen) atoms. The van der Waals surface area contributed by atoms with Crippen molar-refractivity contribution in [3.05, 3.63) is 24.5 Å². The van der Waals surface area contributed by atoms with Crippen LogP contribution in [0.3, 0.4) is 0 Å². The Balaban J connectivity index is 2.42. The average Bonchev–Trinajstić information content (AvgIpc) is 2.46. The van der Waals surface area contributed by atoms with Crippen molar-refractivity contribution < 1.29 is 9.53 Å². The van der Waals surface area contributed by atoms with Gasteiger partial charge in [0, 0.05) is 26.4 Å². The van der Waals surface area contributed by atoms with E-state index in [1.165, 1.54) is 0 Å². The van der Waals surface area contributed by atoms with Crippen molar-refractivity contribution in [3.8, 4) is 0 Å². The van der Waals surface area contributed by atoms with Gasteiger partial charge in [-0.15, -0.1) is 0 Å². The topological polar surface area (TPSA) is 87.6 Å². The van der Waals surface area contributed by atoms with Crippen LogP contribution in [0.1, 0.15) is 6.92 Å². The first-order valence-corrected chi connectivity index (χ1v) is 6.47. The zero-order valence-electron chi connectivity index (χ0n) is 11.8. The highest BCUT2D eigenvalue weighted by molar-refractivity contribution is 5.93. The van der Waals surface area contributed by atoms with E-state index in [2.05, 4.69) is 25.9 Å². The lowest BCUT2D eigenvalue weighted by Crippen LogP contribution is -2.39. The quantitative estimate of drug-likeness (QED) is 0.377. The minimum absolute atomic E-state index is 0.0389. The van der Waals surface area contributed by atoms with Gasteiger partial charge in [-0.05, 0) is 19.1 Å². The van der Waals surface area contributed by atoms with Gasteiger partial charge < -0.3 is 20.7 Å². The zero-order chi connectivity index (χ0) is 14.6. The number of nitrogens with zero attached hydrogens (tertiary/aromatic N) is 2. The number of aromatic nitrogens is 1. The van der Waals surface area contributed by atoms with E-state index in [1.807, 2.05) is 6.92 Å². The molecule has 1 aromatic heterocycles. The Morgan fingerprint density at radius 3 is 2.95 bits per heavy atom. The first-order valence-electron chi connectivity index (χ1n) is 6.47.